The van der Waals surface area contributed by atoms with E-state index in [9.17, 15) is 19.5 Å². The molecule has 0 spiro atoms. The summed E-state index contributed by atoms with van der Waals surface area (Å²) in [5.41, 5.74) is 5.09. The van der Waals surface area contributed by atoms with E-state index in [4.69, 9.17) is 4.74 Å². The number of ether oxygens (including phenoxy) is 1. The first-order chi connectivity index (χ1) is 16.8. The summed E-state index contributed by atoms with van der Waals surface area (Å²) in [5.74, 6) is -2.26. The Morgan fingerprint density at radius 1 is 1.11 bits per heavy atom. The first-order valence-electron chi connectivity index (χ1n) is 11.4. The molecule has 3 N–H and O–H groups in total. The molecule has 0 radical (unpaired) electrons. The van der Waals surface area contributed by atoms with Crippen LogP contribution < -0.4 is 5.32 Å². The van der Waals surface area contributed by atoms with Crippen LogP contribution in [-0.4, -0.2) is 64.2 Å². The number of aromatic nitrogens is 2. The molecule has 0 fully saturated rings. The van der Waals surface area contributed by atoms with E-state index >= 15 is 0 Å². The van der Waals surface area contributed by atoms with Crippen LogP contribution >= 0.6 is 0 Å². The zero-order valence-electron chi connectivity index (χ0n) is 19.6. The van der Waals surface area contributed by atoms with Crippen molar-refractivity contribution >= 4 is 18.0 Å². The molecule has 0 saturated carbocycles. The van der Waals surface area contributed by atoms with Crippen molar-refractivity contribution in [1.82, 2.24) is 20.2 Å². The Balaban J connectivity index is 1.44. The number of carboxylic acid groups (broad SMARTS) is 1. The molecule has 2 aromatic carbocycles. The van der Waals surface area contributed by atoms with Crippen molar-refractivity contribution in [2.45, 2.75) is 25.3 Å². The number of nitrogens with one attached hydrogen (secondary N) is 2. The van der Waals surface area contributed by atoms with Crippen LogP contribution in [0.5, 0.6) is 0 Å². The van der Waals surface area contributed by atoms with Crippen LogP contribution in [0.2, 0.25) is 0 Å². The number of rotatable bonds is 9. The molecule has 1 unspecified atom stereocenters. The van der Waals surface area contributed by atoms with Gasteiger partial charge in [-0.2, -0.15) is 0 Å². The molecule has 2 atom stereocenters. The van der Waals surface area contributed by atoms with E-state index in [1.165, 1.54) is 25.2 Å². The fourth-order valence-electron chi connectivity index (χ4n) is 4.44. The van der Waals surface area contributed by atoms with E-state index < -0.39 is 29.9 Å². The van der Waals surface area contributed by atoms with Gasteiger partial charge in [-0.1, -0.05) is 55.5 Å². The van der Waals surface area contributed by atoms with Gasteiger partial charge in [0.15, 0.2) is 0 Å². The number of benzene rings is 2. The number of likely N-dealkylation sites (N-methyl/N-ethyl adjacent to an activating group) is 1. The summed E-state index contributed by atoms with van der Waals surface area (Å²) in [7, 11) is 1.52. The molecule has 1 aromatic heterocycles. The highest BCUT2D eigenvalue weighted by molar-refractivity contribution is 5.86. The van der Waals surface area contributed by atoms with E-state index in [-0.39, 0.29) is 25.5 Å². The highest BCUT2D eigenvalue weighted by atomic mass is 16.5. The van der Waals surface area contributed by atoms with E-state index in [0.717, 1.165) is 22.3 Å². The maximum atomic E-state index is 13.1. The maximum Gasteiger partial charge on any atom is 0.407 e. The SMILES string of the molecule is CC(CN(C)C(=O)[C@H](Cc1cnc[nH]1)NC(=O)OCC1c2ccccc2-c2ccccc21)C(=O)O. The lowest BCUT2D eigenvalue weighted by Crippen LogP contribution is -2.50. The van der Waals surface area contributed by atoms with Gasteiger partial charge in [0.1, 0.15) is 12.6 Å². The minimum absolute atomic E-state index is 0.0139. The van der Waals surface area contributed by atoms with Crippen molar-refractivity contribution in [2.24, 2.45) is 5.92 Å². The lowest BCUT2D eigenvalue weighted by molar-refractivity contribution is -0.143. The Bertz CT molecular complexity index is 1160. The zero-order valence-corrected chi connectivity index (χ0v) is 19.6. The Morgan fingerprint density at radius 2 is 1.74 bits per heavy atom. The van der Waals surface area contributed by atoms with Crippen LogP contribution in [0.4, 0.5) is 4.79 Å². The van der Waals surface area contributed by atoms with Crippen LogP contribution in [0.15, 0.2) is 61.1 Å². The van der Waals surface area contributed by atoms with E-state index in [2.05, 4.69) is 27.4 Å². The highest BCUT2D eigenvalue weighted by Gasteiger charge is 2.31. The molecule has 3 aromatic rings. The summed E-state index contributed by atoms with van der Waals surface area (Å²) in [6.45, 7) is 1.66. The average molecular weight is 477 g/mol. The standard InChI is InChI=1S/C26H28N4O5/c1-16(25(32)33)13-30(2)24(31)23(11-17-12-27-15-28-17)29-26(34)35-14-22-20-9-5-3-7-18(20)19-8-4-6-10-21(19)22/h3-10,12,15-16,22-23H,11,13-14H2,1-2H3,(H,27,28)(H,29,34)(H,32,33)/t16?,23-/m0/s1. The second-order valence-corrected chi connectivity index (χ2v) is 8.76. The number of hydrogen-bond acceptors (Lipinski definition) is 5. The lowest BCUT2D eigenvalue weighted by atomic mass is 9.98. The van der Waals surface area contributed by atoms with Gasteiger partial charge in [-0.25, -0.2) is 9.78 Å². The summed E-state index contributed by atoms with van der Waals surface area (Å²) < 4.78 is 5.60. The van der Waals surface area contributed by atoms with Crippen molar-refractivity contribution in [2.75, 3.05) is 20.2 Å². The third-order valence-electron chi connectivity index (χ3n) is 6.26. The van der Waals surface area contributed by atoms with Crippen molar-refractivity contribution in [3.63, 3.8) is 0 Å². The second kappa shape index (κ2) is 10.4. The molecular weight excluding hydrogens is 448 g/mol. The van der Waals surface area contributed by atoms with Crippen LogP contribution in [0.3, 0.4) is 0 Å². The molecular formula is C26H28N4O5. The number of carboxylic acids is 1. The van der Waals surface area contributed by atoms with Gasteiger partial charge in [-0.15, -0.1) is 0 Å². The summed E-state index contributed by atoms with van der Waals surface area (Å²) in [6.07, 6.45) is 2.50. The lowest BCUT2D eigenvalue weighted by Gasteiger charge is -2.25. The zero-order chi connectivity index (χ0) is 24.9. The van der Waals surface area contributed by atoms with Gasteiger partial charge in [-0.3, -0.25) is 9.59 Å². The Labute approximate surface area is 203 Å². The number of aromatic amines is 1. The first-order valence-corrected chi connectivity index (χ1v) is 11.4. The van der Waals surface area contributed by atoms with Gasteiger partial charge >= 0.3 is 12.1 Å². The molecule has 4 rings (SSSR count). The second-order valence-electron chi connectivity index (χ2n) is 8.76. The summed E-state index contributed by atoms with van der Waals surface area (Å²) >= 11 is 0. The topological polar surface area (TPSA) is 125 Å². The van der Waals surface area contributed by atoms with E-state index in [1.54, 1.807) is 6.20 Å². The van der Waals surface area contributed by atoms with Crippen LogP contribution in [-0.2, 0) is 20.7 Å². The number of fused-ring (bicyclic) bond motifs is 3. The number of imidazole rings is 1. The number of H-pyrrole nitrogens is 1. The molecule has 1 aliphatic rings. The quantitative estimate of drug-likeness (QED) is 0.436. The number of carbonyl (C=O) groups is 3. The Kier molecular flexibility index (Phi) is 7.14. The number of carbonyl (C=O) groups excluding carboxylic acids is 2. The van der Waals surface area contributed by atoms with Crippen molar-refractivity contribution in [1.29, 1.82) is 0 Å². The molecule has 35 heavy (non-hydrogen) atoms. The van der Waals surface area contributed by atoms with Crippen molar-refractivity contribution in [3.05, 3.63) is 77.9 Å². The number of hydrogen-bond donors (Lipinski definition) is 3. The normalized spacial score (nSPS) is 13.9. The van der Waals surface area contributed by atoms with Crippen LogP contribution in [0.25, 0.3) is 11.1 Å². The third-order valence-corrected chi connectivity index (χ3v) is 6.26. The Hall–Kier alpha value is -4.14. The highest BCUT2D eigenvalue weighted by Crippen LogP contribution is 2.44. The van der Waals surface area contributed by atoms with Crippen LogP contribution in [0.1, 0.15) is 29.7 Å². The fourth-order valence-corrected chi connectivity index (χ4v) is 4.44. The van der Waals surface area contributed by atoms with Gasteiger partial charge in [0, 0.05) is 37.8 Å². The first kappa shape index (κ1) is 24.0. The van der Waals surface area contributed by atoms with E-state index in [0.29, 0.717) is 5.69 Å². The number of aliphatic carboxylic acids is 1. The smallest absolute Gasteiger partial charge is 0.407 e. The summed E-state index contributed by atoms with van der Waals surface area (Å²) in [4.78, 5) is 45.3. The van der Waals surface area contributed by atoms with Gasteiger partial charge in [0.05, 0.1) is 12.2 Å². The summed E-state index contributed by atoms with van der Waals surface area (Å²) in [5, 5.41) is 11.8. The molecule has 182 valence electrons. The molecule has 0 bridgehead atoms. The molecule has 2 amide bonds. The number of nitrogens with zero attached hydrogens (tertiary/aromatic N) is 2. The van der Waals surface area contributed by atoms with Gasteiger partial charge in [0.2, 0.25) is 5.91 Å². The number of alkyl carbamates (subject to hydrolysis) is 1. The van der Waals surface area contributed by atoms with Gasteiger partial charge < -0.3 is 25.0 Å². The predicted octanol–water partition coefficient (Wildman–Crippen LogP) is 3.04. The molecule has 1 heterocycles. The largest absolute Gasteiger partial charge is 0.481 e. The Morgan fingerprint density at radius 3 is 2.31 bits per heavy atom. The van der Waals surface area contributed by atoms with Gasteiger partial charge in [-0.05, 0) is 22.3 Å². The van der Waals surface area contributed by atoms with E-state index in [1.807, 2.05) is 36.4 Å². The summed E-state index contributed by atoms with van der Waals surface area (Å²) in [6, 6.07) is 15.1. The van der Waals surface area contributed by atoms with Crippen molar-refractivity contribution < 1.29 is 24.2 Å². The molecule has 9 nitrogen and oxygen atoms in total. The predicted molar refractivity (Wildman–Crippen MR) is 129 cm³/mol. The molecule has 1 aliphatic carbocycles. The third kappa shape index (κ3) is 5.34. The van der Waals surface area contributed by atoms with Crippen LogP contribution in [0, 0.1) is 5.92 Å². The fraction of sp³-hybridized carbons (Fsp3) is 0.308. The minimum Gasteiger partial charge on any atom is -0.481 e. The minimum atomic E-state index is -1.00. The van der Waals surface area contributed by atoms with Crippen molar-refractivity contribution in [3.8, 4) is 11.1 Å². The maximum absolute atomic E-state index is 13.1. The molecule has 0 saturated heterocycles. The molecule has 9 heteroatoms. The monoisotopic (exact) mass is 476 g/mol. The molecule has 0 aliphatic heterocycles. The average Bonchev–Trinajstić information content (AvgIpc) is 3.47. The number of amides is 2. The van der Waals surface area contributed by atoms with Gasteiger partial charge in [0.25, 0.3) is 0 Å².